The zero-order chi connectivity index (χ0) is 8.55. The molecule has 1 N–H and O–H groups in total. The summed E-state index contributed by atoms with van der Waals surface area (Å²) in [4.78, 5) is 17.3. The molecule has 0 bridgehead atoms. The highest BCUT2D eigenvalue weighted by Crippen LogP contribution is 2.22. The lowest BCUT2D eigenvalue weighted by Crippen LogP contribution is -1.75. The Balaban J connectivity index is 2.81. The van der Waals surface area contributed by atoms with Gasteiger partial charge in [-0.15, -0.1) is 4.91 Å². The summed E-state index contributed by atoms with van der Waals surface area (Å²) in [5.74, 6) is 0. The second-order valence-corrected chi connectivity index (χ2v) is 2.65. The molecule has 0 aliphatic heterocycles. The molecule has 1 aromatic carbocycles. The predicted molar refractivity (Wildman–Crippen MR) is 46.3 cm³/mol. The van der Waals surface area contributed by atoms with Crippen LogP contribution in [-0.4, -0.2) is 9.97 Å². The lowest BCUT2D eigenvalue weighted by atomic mass is 10.2. The number of aryl methyl sites for hydroxylation is 1. The van der Waals surface area contributed by atoms with Crippen LogP contribution in [0.3, 0.4) is 0 Å². The molecular formula is C8H7N3O. The molecule has 4 heteroatoms. The van der Waals surface area contributed by atoms with Gasteiger partial charge in [0.15, 0.2) is 0 Å². The molecule has 60 valence electrons. The number of aromatic amines is 1. The maximum atomic E-state index is 10.3. The Labute approximate surface area is 68.6 Å². The normalized spacial score (nSPS) is 10.4. The first-order valence-corrected chi connectivity index (χ1v) is 3.58. The molecule has 0 fully saturated rings. The van der Waals surface area contributed by atoms with Gasteiger partial charge in [-0.2, -0.15) is 0 Å². The smallest absolute Gasteiger partial charge is 0.113 e. The summed E-state index contributed by atoms with van der Waals surface area (Å²) in [7, 11) is 0. The van der Waals surface area contributed by atoms with Crippen molar-refractivity contribution in [1.82, 2.24) is 9.97 Å². The minimum Gasteiger partial charge on any atom is -0.345 e. The molecule has 0 saturated carbocycles. The van der Waals surface area contributed by atoms with Crippen molar-refractivity contribution >= 4 is 16.7 Å². The number of H-pyrrole nitrogens is 1. The van der Waals surface area contributed by atoms with Crippen LogP contribution in [0.25, 0.3) is 11.0 Å². The van der Waals surface area contributed by atoms with Crippen LogP contribution in [0.2, 0.25) is 0 Å². The fraction of sp³-hybridized carbons (Fsp3) is 0.125. The lowest BCUT2D eigenvalue weighted by Gasteiger charge is -1.94. The minimum atomic E-state index is 0.465. The summed E-state index contributed by atoms with van der Waals surface area (Å²) < 4.78 is 0. The first kappa shape index (κ1) is 6.97. The zero-order valence-corrected chi connectivity index (χ0v) is 6.53. The summed E-state index contributed by atoms with van der Waals surface area (Å²) in [5, 5.41) is 2.90. The van der Waals surface area contributed by atoms with Crippen LogP contribution in [-0.2, 0) is 0 Å². The van der Waals surface area contributed by atoms with Gasteiger partial charge >= 0.3 is 0 Å². The largest absolute Gasteiger partial charge is 0.345 e. The molecule has 12 heavy (non-hydrogen) atoms. The average Bonchev–Trinajstić information content (AvgIpc) is 2.49. The van der Waals surface area contributed by atoms with Crippen LogP contribution in [0.15, 0.2) is 23.6 Å². The molecule has 1 heterocycles. The molecule has 0 aliphatic rings. The van der Waals surface area contributed by atoms with Crippen LogP contribution < -0.4 is 0 Å². The molecule has 0 saturated heterocycles. The number of imidazole rings is 1. The monoisotopic (exact) mass is 161 g/mol. The van der Waals surface area contributed by atoms with Crippen molar-refractivity contribution in [3.8, 4) is 0 Å². The minimum absolute atomic E-state index is 0.465. The Kier molecular flexibility index (Phi) is 1.40. The second-order valence-electron chi connectivity index (χ2n) is 2.65. The Morgan fingerprint density at radius 2 is 2.33 bits per heavy atom. The van der Waals surface area contributed by atoms with Crippen LogP contribution in [0.5, 0.6) is 0 Å². The average molecular weight is 161 g/mol. The molecule has 2 aromatic rings. The summed E-state index contributed by atoms with van der Waals surface area (Å²) >= 11 is 0. The molecule has 0 radical (unpaired) electrons. The molecule has 0 amide bonds. The highest BCUT2D eigenvalue weighted by Gasteiger charge is 2.02. The van der Waals surface area contributed by atoms with E-state index in [4.69, 9.17) is 0 Å². The SMILES string of the molecule is Cc1cc2nc[nH]c2cc1N=O. The van der Waals surface area contributed by atoms with Crippen LogP contribution in [0.1, 0.15) is 5.56 Å². The van der Waals surface area contributed by atoms with E-state index in [1.165, 1.54) is 0 Å². The summed E-state index contributed by atoms with van der Waals surface area (Å²) in [5.41, 5.74) is 3.02. The number of benzene rings is 1. The zero-order valence-electron chi connectivity index (χ0n) is 6.53. The Morgan fingerprint density at radius 3 is 3.08 bits per heavy atom. The number of nitroso groups, excluding NO2 is 1. The van der Waals surface area contributed by atoms with Gasteiger partial charge in [0.05, 0.1) is 17.4 Å². The molecule has 4 nitrogen and oxygen atoms in total. The van der Waals surface area contributed by atoms with Crippen LogP contribution in [0, 0.1) is 11.8 Å². The van der Waals surface area contributed by atoms with Gasteiger partial charge in [0.2, 0.25) is 0 Å². The van der Waals surface area contributed by atoms with Gasteiger partial charge in [0.25, 0.3) is 0 Å². The molecular weight excluding hydrogens is 154 g/mol. The van der Waals surface area contributed by atoms with E-state index < -0.39 is 0 Å². The highest BCUT2D eigenvalue weighted by molar-refractivity contribution is 5.79. The standard InChI is InChI=1S/C8H7N3O/c1-5-2-7-8(10-4-9-7)3-6(5)11-12/h2-4H,1H3,(H,9,10). The Bertz CT molecular complexity index is 433. The van der Waals surface area contributed by atoms with E-state index in [0.717, 1.165) is 16.6 Å². The van der Waals surface area contributed by atoms with E-state index in [-0.39, 0.29) is 0 Å². The van der Waals surface area contributed by atoms with E-state index >= 15 is 0 Å². The van der Waals surface area contributed by atoms with Gasteiger partial charge in [0.1, 0.15) is 5.69 Å². The number of rotatable bonds is 1. The number of aromatic nitrogens is 2. The lowest BCUT2D eigenvalue weighted by molar-refractivity contribution is 1.34. The van der Waals surface area contributed by atoms with Crippen molar-refractivity contribution in [3.05, 3.63) is 28.9 Å². The summed E-state index contributed by atoms with van der Waals surface area (Å²) in [6.07, 6.45) is 1.60. The molecule has 1 aromatic heterocycles. The van der Waals surface area contributed by atoms with E-state index in [1.807, 2.05) is 13.0 Å². The first-order chi connectivity index (χ1) is 5.81. The van der Waals surface area contributed by atoms with Gasteiger partial charge in [-0.3, -0.25) is 0 Å². The van der Waals surface area contributed by atoms with E-state index in [2.05, 4.69) is 15.1 Å². The van der Waals surface area contributed by atoms with Crippen molar-refractivity contribution < 1.29 is 0 Å². The van der Waals surface area contributed by atoms with Gasteiger partial charge in [-0.1, -0.05) is 0 Å². The molecule has 0 spiro atoms. The van der Waals surface area contributed by atoms with Crippen molar-refractivity contribution in [2.24, 2.45) is 5.18 Å². The third-order valence-corrected chi connectivity index (χ3v) is 1.84. The van der Waals surface area contributed by atoms with Gasteiger partial charge in [-0.25, -0.2) is 4.98 Å². The van der Waals surface area contributed by atoms with E-state index in [9.17, 15) is 4.91 Å². The van der Waals surface area contributed by atoms with E-state index in [1.54, 1.807) is 12.4 Å². The number of nitrogens with one attached hydrogen (secondary N) is 1. The van der Waals surface area contributed by atoms with Crippen molar-refractivity contribution in [1.29, 1.82) is 0 Å². The number of fused-ring (bicyclic) bond motifs is 1. The number of hydrogen-bond acceptors (Lipinski definition) is 3. The Hall–Kier alpha value is -1.71. The van der Waals surface area contributed by atoms with Gasteiger partial charge < -0.3 is 4.98 Å². The maximum Gasteiger partial charge on any atom is 0.113 e. The predicted octanol–water partition coefficient (Wildman–Crippen LogP) is 2.27. The van der Waals surface area contributed by atoms with E-state index in [0.29, 0.717) is 5.69 Å². The quantitative estimate of drug-likeness (QED) is 0.652. The molecule has 2 rings (SSSR count). The second kappa shape index (κ2) is 2.41. The number of nitrogens with zero attached hydrogens (tertiary/aromatic N) is 2. The van der Waals surface area contributed by atoms with Crippen molar-refractivity contribution in [3.63, 3.8) is 0 Å². The summed E-state index contributed by atoms with van der Waals surface area (Å²) in [6.45, 7) is 1.84. The fourth-order valence-electron chi connectivity index (χ4n) is 1.17. The van der Waals surface area contributed by atoms with Crippen LogP contribution >= 0.6 is 0 Å². The van der Waals surface area contributed by atoms with Crippen LogP contribution in [0.4, 0.5) is 5.69 Å². The number of hydrogen-bond donors (Lipinski definition) is 1. The third kappa shape index (κ3) is 0.887. The van der Waals surface area contributed by atoms with Gasteiger partial charge in [-0.05, 0) is 29.8 Å². The summed E-state index contributed by atoms with van der Waals surface area (Å²) in [6, 6.07) is 3.53. The fourth-order valence-corrected chi connectivity index (χ4v) is 1.17. The molecule has 0 unspecified atom stereocenters. The topological polar surface area (TPSA) is 58.1 Å². The highest BCUT2D eigenvalue weighted by atomic mass is 16.3. The molecule has 0 atom stereocenters. The van der Waals surface area contributed by atoms with Gasteiger partial charge in [0, 0.05) is 0 Å². The third-order valence-electron chi connectivity index (χ3n) is 1.84. The first-order valence-electron chi connectivity index (χ1n) is 3.58. The van der Waals surface area contributed by atoms with Crippen molar-refractivity contribution in [2.45, 2.75) is 6.92 Å². The Morgan fingerprint density at radius 1 is 1.50 bits per heavy atom. The molecule has 0 aliphatic carbocycles. The van der Waals surface area contributed by atoms with Crippen molar-refractivity contribution in [2.75, 3.05) is 0 Å². The maximum absolute atomic E-state index is 10.3.